The van der Waals surface area contributed by atoms with E-state index in [-0.39, 0.29) is 0 Å². The predicted molar refractivity (Wildman–Crippen MR) is 75.6 cm³/mol. The Morgan fingerprint density at radius 1 is 1.23 bits per heavy atom. The van der Waals surface area contributed by atoms with Crippen molar-refractivity contribution in [3.63, 3.8) is 0 Å². The van der Waals surface area contributed by atoms with E-state index in [1.807, 2.05) is 18.7 Å². The molecular weight excluding hydrogens is 297 g/mol. The first kappa shape index (κ1) is 16.5. The van der Waals surface area contributed by atoms with Crippen LogP contribution in [-0.4, -0.2) is 53.1 Å². The number of rotatable bonds is 3. The van der Waals surface area contributed by atoms with Crippen molar-refractivity contribution in [2.75, 3.05) is 31.1 Å². The van der Waals surface area contributed by atoms with Gasteiger partial charge in [0.15, 0.2) is 0 Å². The van der Waals surface area contributed by atoms with Crippen LogP contribution in [0.5, 0.6) is 0 Å². The van der Waals surface area contributed by atoms with Crippen molar-refractivity contribution in [2.24, 2.45) is 0 Å². The molecule has 0 saturated carbocycles. The fraction of sp³-hybridized carbons (Fsp3) is 0.643. The fourth-order valence-electron chi connectivity index (χ4n) is 2.40. The number of aromatic nitrogens is 2. The summed E-state index contributed by atoms with van der Waals surface area (Å²) in [4.78, 5) is 24.0. The molecular formula is C14H19F3N4O. The summed E-state index contributed by atoms with van der Waals surface area (Å²) in [6.07, 6.45) is -4.14. The van der Waals surface area contributed by atoms with E-state index in [0.717, 1.165) is 17.2 Å². The maximum Gasteiger partial charge on any atom is 0.389 e. The Morgan fingerprint density at radius 2 is 1.86 bits per heavy atom. The Hall–Kier alpha value is -1.86. The van der Waals surface area contributed by atoms with Crippen LogP contribution in [0.4, 0.5) is 19.0 Å². The number of anilines is 1. The molecule has 1 fully saturated rings. The van der Waals surface area contributed by atoms with Crippen LogP contribution >= 0.6 is 0 Å². The molecule has 0 radical (unpaired) electrons. The van der Waals surface area contributed by atoms with E-state index >= 15 is 0 Å². The van der Waals surface area contributed by atoms with E-state index in [0.29, 0.717) is 26.2 Å². The number of halogens is 3. The average molecular weight is 316 g/mol. The maximum atomic E-state index is 12.2. The lowest BCUT2D eigenvalue weighted by atomic mass is 10.2. The van der Waals surface area contributed by atoms with Crippen molar-refractivity contribution in [3.8, 4) is 0 Å². The van der Waals surface area contributed by atoms with Crippen molar-refractivity contribution in [1.82, 2.24) is 14.9 Å². The first-order valence-electron chi connectivity index (χ1n) is 7.16. The zero-order valence-electron chi connectivity index (χ0n) is 12.7. The summed E-state index contributed by atoms with van der Waals surface area (Å²) in [6.45, 7) is 5.64. The molecule has 0 aliphatic carbocycles. The van der Waals surface area contributed by atoms with Gasteiger partial charge in [-0.05, 0) is 13.8 Å². The topological polar surface area (TPSA) is 49.3 Å². The quantitative estimate of drug-likeness (QED) is 0.857. The maximum absolute atomic E-state index is 12.2. The van der Waals surface area contributed by atoms with Crippen molar-refractivity contribution in [2.45, 2.75) is 32.9 Å². The van der Waals surface area contributed by atoms with Crippen LogP contribution in [0.1, 0.15) is 24.2 Å². The molecule has 1 aliphatic heterocycles. The van der Waals surface area contributed by atoms with Gasteiger partial charge in [-0.25, -0.2) is 4.98 Å². The Balaban J connectivity index is 1.90. The lowest BCUT2D eigenvalue weighted by Crippen LogP contribution is -2.49. The van der Waals surface area contributed by atoms with E-state index in [2.05, 4.69) is 9.97 Å². The minimum Gasteiger partial charge on any atom is -0.352 e. The second-order valence-corrected chi connectivity index (χ2v) is 5.40. The molecule has 0 spiro atoms. The summed E-state index contributed by atoms with van der Waals surface area (Å²) >= 11 is 0. The Labute approximate surface area is 127 Å². The third kappa shape index (κ3) is 4.32. The second kappa shape index (κ2) is 6.50. The zero-order chi connectivity index (χ0) is 16.3. The van der Waals surface area contributed by atoms with Gasteiger partial charge >= 0.3 is 6.18 Å². The standard InChI is InChI=1S/C14H19F3N4O/c1-10-9-18-11(2)13(19-10)21-7-5-20(6-8-21)12(22)3-4-14(15,16)17/h9H,3-8H2,1-2H3. The number of hydrogen-bond acceptors (Lipinski definition) is 4. The molecule has 22 heavy (non-hydrogen) atoms. The van der Waals surface area contributed by atoms with Gasteiger partial charge in [-0.15, -0.1) is 0 Å². The summed E-state index contributed by atoms with van der Waals surface area (Å²) in [6, 6.07) is 0. The van der Waals surface area contributed by atoms with Crippen LogP contribution in [0.15, 0.2) is 6.20 Å². The Morgan fingerprint density at radius 3 is 2.45 bits per heavy atom. The molecule has 0 N–H and O–H groups in total. The van der Waals surface area contributed by atoms with Crippen molar-refractivity contribution in [1.29, 1.82) is 0 Å². The molecule has 0 aromatic carbocycles. The highest BCUT2D eigenvalue weighted by Gasteiger charge is 2.30. The van der Waals surface area contributed by atoms with E-state index in [1.165, 1.54) is 4.90 Å². The highest BCUT2D eigenvalue weighted by atomic mass is 19.4. The Bertz CT molecular complexity index is 539. The number of carbonyl (C=O) groups excluding carboxylic acids is 1. The lowest BCUT2D eigenvalue weighted by molar-refractivity contribution is -0.149. The molecule has 2 heterocycles. The molecule has 1 amide bonds. The summed E-state index contributed by atoms with van der Waals surface area (Å²) in [5.74, 6) is 0.339. The molecule has 1 aromatic rings. The summed E-state index contributed by atoms with van der Waals surface area (Å²) in [5, 5.41) is 0. The molecule has 0 unspecified atom stereocenters. The van der Waals surface area contributed by atoms with Crippen LogP contribution in [0, 0.1) is 13.8 Å². The zero-order valence-corrected chi connectivity index (χ0v) is 12.7. The van der Waals surface area contributed by atoms with Gasteiger partial charge in [0.05, 0.1) is 17.8 Å². The van der Waals surface area contributed by atoms with E-state index in [4.69, 9.17) is 0 Å². The Kier molecular flexibility index (Phi) is 4.87. The molecule has 0 atom stereocenters. The number of hydrogen-bond donors (Lipinski definition) is 0. The molecule has 122 valence electrons. The van der Waals surface area contributed by atoms with Crippen molar-refractivity contribution >= 4 is 11.7 Å². The molecule has 5 nitrogen and oxygen atoms in total. The number of piperazine rings is 1. The van der Waals surface area contributed by atoms with Gasteiger partial charge in [-0.1, -0.05) is 0 Å². The van der Waals surface area contributed by atoms with Gasteiger partial charge in [-0.3, -0.25) is 9.78 Å². The third-order valence-corrected chi connectivity index (χ3v) is 3.61. The first-order valence-corrected chi connectivity index (χ1v) is 7.16. The summed E-state index contributed by atoms with van der Waals surface area (Å²) < 4.78 is 36.5. The van der Waals surface area contributed by atoms with Gasteiger partial charge in [0.2, 0.25) is 5.91 Å². The predicted octanol–water partition coefficient (Wildman–Crippen LogP) is 2.08. The fourth-order valence-corrected chi connectivity index (χ4v) is 2.40. The van der Waals surface area contributed by atoms with E-state index < -0.39 is 24.9 Å². The highest BCUT2D eigenvalue weighted by Crippen LogP contribution is 2.22. The highest BCUT2D eigenvalue weighted by molar-refractivity contribution is 5.76. The van der Waals surface area contributed by atoms with Gasteiger partial charge in [0.1, 0.15) is 5.82 Å². The van der Waals surface area contributed by atoms with Crippen LogP contribution in [0.3, 0.4) is 0 Å². The van der Waals surface area contributed by atoms with Gasteiger partial charge in [0, 0.05) is 38.8 Å². The smallest absolute Gasteiger partial charge is 0.352 e. The number of nitrogens with zero attached hydrogens (tertiary/aromatic N) is 4. The molecule has 1 saturated heterocycles. The van der Waals surface area contributed by atoms with E-state index in [9.17, 15) is 18.0 Å². The third-order valence-electron chi connectivity index (χ3n) is 3.61. The minimum absolute atomic E-state index is 0.408. The molecule has 1 aromatic heterocycles. The second-order valence-electron chi connectivity index (χ2n) is 5.40. The van der Waals surface area contributed by atoms with Crippen LogP contribution in [0.25, 0.3) is 0 Å². The molecule has 0 bridgehead atoms. The number of aryl methyl sites for hydroxylation is 2. The van der Waals surface area contributed by atoms with Gasteiger partial charge in [0.25, 0.3) is 0 Å². The molecule has 2 rings (SSSR count). The van der Waals surface area contributed by atoms with Crippen LogP contribution in [0.2, 0.25) is 0 Å². The van der Waals surface area contributed by atoms with E-state index in [1.54, 1.807) is 6.20 Å². The van der Waals surface area contributed by atoms with Crippen LogP contribution < -0.4 is 4.90 Å². The summed E-state index contributed by atoms with van der Waals surface area (Å²) in [7, 11) is 0. The minimum atomic E-state index is -4.29. The molecule has 1 aliphatic rings. The van der Waals surface area contributed by atoms with Gasteiger partial charge in [-0.2, -0.15) is 13.2 Å². The van der Waals surface area contributed by atoms with Crippen molar-refractivity contribution in [3.05, 3.63) is 17.6 Å². The number of carbonyl (C=O) groups is 1. The SMILES string of the molecule is Cc1cnc(C)c(N2CCN(C(=O)CCC(F)(F)F)CC2)n1. The van der Waals surface area contributed by atoms with Crippen molar-refractivity contribution < 1.29 is 18.0 Å². The summed E-state index contributed by atoms with van der Waals surface area (Å²) in [5.41, 5.74) is 1.62. The van der Waals surface area contributed by atoms with Gasteiger partial charge < -0.3 is 9.80 Å². The van der Waals surface area contributed by atoms with Crippen LogP contribution in [-0.2, 0) is 4.79 Å². The normalized spacial score (nSPS) is 16.0. The monoisotopic (exact) mass is 316 g/mol. The number of amides is 1. The number of alkyl halides is 3. The average Bonchev–Trinajstić information content (AvgIpc) is 2.47. The largest absolute Gasteiger partial charge is 0.389 e. The first-order chi connectivity index (χ1) is 10.3. The lowest BCUT2D eigenvalue weighted by Gasteiger charge is -2.36. The molecule has 8 heteroatoms.